The topological polar surface area (TPSA) is 67.1 Å². The maximum atomic E-state index is 14.9. The van der Waals surface area contributed by atoms with Gasteiger partial charge in [0.25, 0.3) is 0 Å². The van der Waals surface area contributed by atoms with Crippen LogP contribution in [0.15, 0.2) is 61.4 Å². The maximum absolute atomic E-state index is 14.9. The quantitative estimate of drug-likeness (QED) is 0.464. The van der Waals surface area contributed by atoms with Gasteiger partial charge in [-0.2, -0.15) is 5.10 Å². The minimum atomic E-state index is -1.64. The molecule has 1 aliphatic rings. The van der Waals surface area contributed by atoms with Gasteiger partial charge in [0.15, 0.2) is 0 Å². The minimum Gasteiger partial charge on any atom is -0.381 e. The molecule has 0 unspecified atom stereocenters. The number of benzene rings is 1. The van der Waals surface area contributed by atoms with Gasteiger partial charge in [0.1, 0.15) is 29.9 Å². The number of aliphatic hydroxyl groups is 1. The van der Waals surface area contributed by atoms with Crippen molar-refractivity contribution in [3.05, 3.63) is 89.1 Å². The molecule has 0 amide bonds. The van der Waals surface area contributed by atoms with Crippen LogP contribution in [-0.2, 0) is 25.1 Å². The number of hydrogen-bond acceptors (Lipinski definition) is 6. The summed E-state index contributed by atoms with van der Waals surface area (Å²) in [6, 6.07) is 9.03. The third-order valence-electron chi connectivity index (χ3n) is 6.38. The highest BCUT2D eigenvalue weighted by molar-refractivity contribution is 7.15. The molecule has 1 aromatic carbocycles. The van der Waals surface area contributed by atoms with Gasteiger partial charge in [-0.3, -0.25) is 9.88 Å². The fraction of sp³-hybridized carbons (Fsp3) is 0.292. The second kappa shape index (κ2) is 8.74. The lowest BCUT2D eigenvalue weighted by Gasteiger charge is -2.42. The van der Waals surface area contributed by atoms with Crippen LogP contribution in [0.1, 0.15) is 22.9 Å². The average molecular weight is 468 g/mol. The van der Waals surface area contributed by atoms with Crippen molar-refractivity contribution in [2.45, 2.75) is 38.1 Å². The maximum Gasteiger partial charge on any atom is 0.137 e. The van der Waals surface area contributed by atoms with E-state index >= 15 is 0 Å². The number of thiophene rings is 1. The first-order valence-electron chi connectivity index (χ1n) is 10.7. The molecular weight excluding hydrogens is 444 g/mol. The summed E-state index contributed by atoms with van der Waals surface area (Å²) in [6.45, 7) is 3.22. The van der Waals surface area contributed by atoms with Gasteiger partial charge in [0.05, 0.1) is 6.54 Å². The second-order valence-electron chi connectivity index (χ2n) is 8.33. The van der Waals surface area contributed by atoms with Crippen LogP contribution < -0.4 is 0 Å². The molecule has 0 saturated heterocycles. The molecular formula is C24H23F2N5OS. The first-order chi connectivity index (χ1) is 15.9. The van der Waals surface area contributed by atoms with E-state index in [-0.39, 0.29) is 12.1 Å². The summed E-state index contributed by atoms with van der Waals surface area (Å²) in [6.07, 6.45) is 7.24. The van der Waals surface area contributed by atoms with E-state index in [1.54, 1.807) is 23.7 Å². The van der Waals surface area contributed by atoms with Crippen LogP contribution in [0.25, 0.3) is 10.4 Å². The molecule has 33 heavy (non-hydrogen) atoms. The molecule has 0 aliphatic carbocycles. The first-order valence-corrected chi connectivity index (χ1v) is 11.5. The SMILES string of the molecule is C[C@@H](N1CCc2cc(-c3ccncc3)sc2C1)[C@](O)(Cn1cncn1)c1ccc(F)cc1F. The van der Waals surface area contributed by atoms with Crippen LogP contribution in [0.4, 0.5) is 8.78 Å². The van der Waals surface area contributed by atoms with Crippen molar-refractivity contribution in [2.75, 3.05) is 6.54 Å². The number of nitrogens with zero attached hydrogens (tertiary/aromatic N) is 5. The van der Waals surface area contributed by atoms with Gasteiger partial charge >= 0.3 is 0 Å². The largest absolute Gasteiger partial charge is 0.381 e. The summed E-state index contributed by atoms with van der Waals surface area (Å²) in [5.74, 6) is -1.46. The molecule has 0 bridgehead atoms. The highest BCUT2D eigenvalue weighted by atomic mass is 32.1. The van der Waals surface area contributed by atoms with E-state index < -0.39 is 23.3 Å². The number of hydrogen-bond donors (Lipinski definition) is 1. The third kappa shape index (κ3) is 4.19. The monoisotopic (exact) mass is 467 g/mol. The second-order valence-corrected chi connectivity index (χ2v) is 9.47. The summed E-state index contributed by atoms with van der Waals surface area (Å²) < 4.78 is 30.0. The van der Waals surface area contributed by atoms with Gasteiger partial charge in [-0.05, 0) is 48.7 Å². The molecule has 5 rings (SSSR count). The van der Waals surface area contributed by atoms with E-state index in [4.69, 9.17) is 0 Å². The number of fused-ring (bicyclic) bond motifs is 1. The number of aromatic nitrogens is 4. The van der Waals surface area contributed by atoms with Crippen LogP contribution in [0, 0.1) is 11.6 Å². The van der Waals surface area contributed by atoms with Crippen molar-refractivity contribution in [1.29, 1.82) is 0 Å². The van der Waals surface area contributed by atoms with Gasteiger partial charge in [-0.1, -0.05) is 6.07 Å². The van der Waals surface area contributed by atoms with E-state index in [0.29, 0.717) is 13.1 Å². The number of pyridine rings is 1. The van der Waals surface area contributed by atoms with Gasteiger partial charge in [-0.25, -0.2) is 18.4 Å². The van der Waals surface area contributed by atoms with Crippen molar-refractivity contribution in [2.24, 2.45) is 0 Å². The predicted molar refractivity (Wildman–Crippen MR) is 121 cm³/mol. The molecule has 6 nitrogen and oxygen atoms in total. The Bertz CT molecular complexity index is 1250. The Labute approximate surface area is 194 Å². The molecule has 0 fully saturated rings. The van der Waals surface area contributed by atoms with Crippen molar-refractivity contribution in [1.82, 2.24) is 24.6 Å². The summed E-state index contributed by atoms with van der Waals surface area (Å²) >= 11 is 1.72. The molecule has 0 spiro atoms. The Morgan fingerprint density at radius 3 is 2.70 bits per heavy atom. The molecule has 3 aromatic heterocycles. The molecule has 0 radical (unpaired) electrons. The fourth-order valence-electron chi connectivity index (χ4n) is 4.47. The lowest BCUT2D eigenvalue weighted by Crippen LogP contribution is -2.53. The molecule has 4 aromatic rings. The Kier molecular flexibility index (Phi) is 5.77. The van der Waals surface area contributed by atoms with Crippen LogP contribution in [-0.4, -0.2) is 42.3 Å². The van der Waals surface area contributed by atoms with Crippen LogP contribution in [0.2, 0.25) is 0 Å². The number of halogens is 2. The Morgan fingerprint density at radius 2 is 1.97 bits per heavy atom. The lowest BCUT2D eigenvalue weighted by atomic mass is 9.84. The van der Waals surface area contributed by atoms with E-state index in [0.717, 1.165) is 18.1 Å². The van der Waals surface area contributed by atoms with Crippen molar-refractivity contribution in [3.63, 3.8) is 0 Å². The van der Waals surface area contributed by atoms with Gasteiger partial charge in [0, 0.05) is 52.9 Å². The van der Waals surface area contributed by atoms with E-state index in [1.807, 2.05) is 19.1 Å². The summed E-state index contributed by atoms with van der Waals surface area (Å²) in [4.78, 5) is 12.6. The van der Waals surface area contributed by atoms with Crippen molar-refractivity contribution >= 4 is 11.3 Å². The molecule has 1 aliphatic heterocycles. The Balaban J connectivity index is 1.46. The first kappa shape index (κ1) is 21.8. The minimum absolute atomic E-state index is 0.00716. The van der Waals surface area contributed by atoms with Crippen LogP contribution in [0.3, 0.4) is 0 Å². The molecule has 2 atom stereocenters. The lowest BCUT2D eigenvalue weighted by molar-refractivity contribution is -0.0674. The normalized spacial score (nSPS) is 16.8. The molecule has 170 valence electrons. The van der Waals surface area contributed by atoms with Crippen LogP contribution >= 0.6 is 11.3 Å². The predicted octanol–water partition coefficient (Wildman–Crippen LogP) is 4.01. The highest BCUT2D eigenvalue weighted by Crippen LogP contribution is 2.38. The summed E-state index contributed by atoms with van der Waals surface area (Å²) in [7, 11) is 0. The van der Waals surface area contributed by atoms with Crippen LogP contribution in [0.5, 0.6) is 0 Å². The smallest absolute Gasteiger partial charge is 0.137 e. The van der Waals surface area contributed by atoms with Crippen molar-refractivity contribution in [3.8, 4) is 10.4 Å². The third-order valence-corrected chi connectivity index (χ3v) is 7.59. The van der Waals surface area contributed by atoms with Gasteiger partial charge < -0.3 is 5.11 Å². The zero-order valence-corrected chi connectivity index (χ0v) is 18.8. The molecule has 0 saturated carbocycles. The van der Waals surface area contributed by atoms with E-state index in [9.17, 15) is 13.9 Å². The summed E-state index contributed by atoms with van der Waals surface area (Å²) in [5, 5.41) is 16.0. The highest BCUT2D eigenvalue weighted by Gasteiger charge is 2.42. The van der Waals surface area contributed by atoms with Crippen molar-refractivity contribution < 1.29 is 13.9 Å². The zero-order chi connectivity index (χ0) is 23.0. The average Bonchev–Trinajstić information content (AvgIpc) is 3.48. The summed E-state index contributed by atoms with van der Waals surface area (Å²) in [5.41, 5.74) is 0.818. The van der Waals surface area contributed by atoms with Gasteiger partial charge in [-0.15, -0.1) is 11.3 Å². The standard InChI is InChI=1S/C24H23F2N5OS/c1-16(24(32,13-31-15-28-14-29-31)20-3-2-19(25)11-21(20)26)30-9-6-18-10-22(33-23(18)12-30)17-4-7-27-8-5-17/h2-5,7-8,10-11,14-16,32H,6,9,12-13H2,1H3/t16-,24-/m1/s1. The zero-order valence-electron chi connectivity index (χ0n) is 18.0. The molecule has 9 heteroatoms. The van der Waals surface area contributed by atoms with E-state index in [2.05, 4.69) is 26.0 Å². The fourth-order valence-corrected chi connectivity index (χ4v) is 5.72. The van der Waals surface area contributed by atoms with Gasteiger partial charge in [0.2, 0.25) is 0 Å². The Hall–Kier alpha value is -3.01. The molecule has 1 N–H and O–H groups in total. The number of rotatable bonds is 6. The Morgan fingerprint density at radius 1 is 1.15 bits per heavy atom. The molecule has 4 heterocycles. The van der Waals surface area contributed by atoms with E-state index in [1.165, 1.54) is 44.8 Å².